The van der Waals surface area contributed by atoms with Crippen molar-refractivity contribution in [3.8, 4) is 12.1 Å². The predicted molar refractivity (Wildman–Crippen MR) is 63.3 cm³/mol. The molecule has 1 aromatic rings. The summed E-state index contributed by atoms with van der Waals surface area (Å²) in [5, 5.41) is 20.1. The molecule has 1 aromatic carbocycles. The summed E-state index contributed by atoms with van der Waals surface area (Å²) in [6, 6.07) is 9.75. The quantitative estimate of drug-likeness (QED) is 0.833. The highest BCUT2D eigenvalue weighted by Crippen LogP contribution is 2.15. The van der Waals surface area contributed by atoms with E-state index in [1.54, 1.807) is 24.3 Å². The van der Waals surface area contributed by atoms with E-state index < -0.39 is 6.03 Å². The van der Waals surface area contributed by atoms with Gasteiger partial charge in [0.15, 0.2) is 0 Å². The molecular formula is C11H9ClN4O. The van der Waals surface area contributed by atoms with Crippen molar-refractivity contribution in [2.75, 3.05) is 18.4 Å². The lowest BCUT2D eigenvalue weighted by Gasteiger charge is -2.16. The van der Waals surface area contributed by atoms with Crippen LogP contribution in [0.2, 0.25) is 5.02 Å². The molecule has 0 aliphatic rings. The SMILES string of the molecule is N#CCN(CC#N)C(=O)Nc1cccc(Cl)c1. The van der Waals surface area contributed by atoms with Crippen molar-refractivity contribution in [2.45, 2.75) is 0 Å². The Hall–Kier alpha value is -2.24. The van der Waals surface area contributed by atoms with Crippen LogP contribution < -0.4 is 5.32 Å². The minimum atomic E-state index is -0.504. The van der Waals surface area contributed by atoms with E-state index in [-0.39, 0.29) is 13.1 Å². The van der Waals surface area contributed by atoms with Crippen LogP contribution in [0.5, 0.6) is 0 Å². The third-order valence-corrected chi connectivity index (χ3v) is 2.12. The van der Waals surface area contributed by atoms with Crippen LogP contribution in [0.3, 0.4) is 0 Å². The van der Waals surface area contributed by atoms with Gasteiger partial charge >= 0.3 is 6.03 Å². The van der Waals surface area contributed by atoms with Crippen molar-refractivity contribution in [3.63, 3.8) is 0 Å². The second-order valence-electron chi connectivity index (χ2n) is 3.11. The predicted octanol–water partition coefficient (Wildman–Crippen LogP) is 2.22. The number of hydrogen-bond acceptors (Lipinski definition) is 3. The molecule has 2 amide bonds. The fourth-order valence-corrected chi connectivity index (χ4v) is 1.33. The molecular weight excluding hydrogens is 240 g/mol. The Morgan fingerprint density at radius 3 is 2.53 bits per heavy atom. The van der Waals surface area contributed by atoms with Gasteiger partial charge in [0.05, 0.1) is 12.1 Å². The number of carbonyl (C=O) groups is 1. The Balaban J connectivity index is 2.71. The van der Waals surface area contributed by atoms with E-state index in [2.05, 4.69) is 5.32 Å². The summed E-state index contributed by atoms with van der Waals surface area (Å²) >= 11 is 5.76. The zero-order valence-corrected chi connectivity index (χ0v) is 9.61. The van der Waals surface area contributed by atoms with Crippen LogP contribution in [0.15, 0.2) is 24.3 Å². The monoisotopic (exact) mass is 248 g/mol. The number of hydrogen-bond donors (Lipinski definition) is 1. The summed E-state index contributed by atoms with van der Waals surface area (Å²) in [4.78, 5) is 12.8. The minimum absolute atomic E-state index is 0.139. The number of benzene rings is 1. The van der Waals surface area contributed by atoms with Crippen LogP contribution in [0.1, 0.15) is 0 Å². The number of urea groups is 1. The molecule has 0 aliphatic carbocycles. The van der Waals surface area contributed by atoms with Crippen LogP contribution >= 0.6 is 11.6 Å². The number of carbonyl (C=O) groups excluding carboxylic acids is 1. The lowest BCUT2D eigenvalue weighted by Crippen LogP contribution is -2.35. The van der Waals surface area contributed by atoms with E-state index in [0.717, 1.165) is 4.90 Å². The van der Waals surface area contributed by atoms with Gasteiger partial charge in [0.25, 0.3) is 0 Å². The van der Waals surface area contributed by atoms with Gasteiger partial charge in [-0.25, -0.2) is 4.79 Å². The molecule has 17 heavy (non-hydrogen) atoms. The fraction of sp³-hybridized carbons (Fsp3) is 0.182. The van der Waals surface area contributed by atoms with Crippen LogP contribution in [-0.2, 0) is 0 Å². The number of amides is 2. The molecule has 0 heterocycles. The maximum atomic E-state index is 11.7. The van der Waals surface area contributed by atoms with Crippen molar-refractivity contribution < 1.29 is 4.79 Å². The third kappa shape index (κ3) is 4.02. The van der Waals surface area contributed by atoms with E-state index in [4.69, 9.17) is 22.1 Å². The molecule has 0 radical (unpaired) electrons. The molecule has 0 unspecified atom stereocenters. The second kappa shape index (κ2) is 6.37. The average Bonchev–Trinajstić information content (AvgIpc) is 2.28. The van der Waals surface area contributed by atoms with Crippen LogP contribution in [-0.4, -0.2) is 24.0 Å². The van der Waals surface area contributed by atoms with Gasteiger partial charge < -0.3 is 5.32 Å². The van der Waals surface area contributed by atoms with Crippen molar-refractivity contribution in [1.82, 2.24) is 4.90 Å². The normalized spacial score (nSPS) is 8.88. The molecule has 6 heteroatoms. The summed E-state index contributed by atoms with van der Waals surface area (Å²) < 4.78 is 0. The molecule has 1 rings (SSSR count). The molecule has 0 saturated carbocycles. The van der Waals surface area contributed by atoms with Gasteiger partial charge in [0.2, 0.25) is 0 Å². The van der Waals surface area contributed by atoms with E-state index >= 15 is 0 Å². The Morgan fingerprint density at radius 2 is 2.00 bits per heavy atom. The van der Waals surface area contributed by atoms with Gasteiger partial charge in [0, 0.05) is 10.7 Å². The van der Waals surface area contributed by atoms with Gasteiger partial charge in [-0.1, -0.05) is 17.7 Å². The molecule has 0 aliphatic heterocycles. The van der Waals surface area contributed by atoms with Crippen LogP contribution in [0.4, 0.5) is 10.5 Å². The summed E-state index contributed by atoms with van der Waals surface area (Å²) in [7, 11) is 0. The number of rotatable bonds is 3. The summed E-state index contributed by atoms with van der Waals surface area (Å²) in [5.41, 5.74) is 0.517. The summed E-state index contributed by atoms with van der Waals surface area (Å²) in [5.74, 6) is 0. The third-order valence-electron chi connectivity index (χ3n) is 1.89. The van der Waals surface area contributed by atoms with Crippen molar-refractivity contribution in [1.29, 1.82) is 10.5 Å². The highest BCUT2D eigenvalue weighted by molar-refractivity contribution is 6.30. The Labute approximate surface area is 104 Å². The topological polar surface area (TPSA) is 79.9 Å². The Morgan fingerprint density at radius 1 is 1.35 bits per heavy atom. The molecule has 0 saturated heterocycles. The molecule has 0 spiro atoms. The average molecular weight is 249 g/mol. The Bertz CT molecular complexity index is 473. The number of halogens is 1. The largest absolute Gasteiger partial charge is 0.323 e. The molecule has 0 atom stereocenters. The first kappa shape index (κ1) is 12.8. The van der Waals surface area contributed by atoms with Gasteiger partial charge in [-0.2, -0.15) is 10.5 Å². The van der Waals surface area contributed by atoms with Gasteiger partial charge in [-0.05, 0) is 18.2 Å². The van der Waals surface area contributed by atoms with E-state index in [9.17, 15) is 4.79 Å². The second-order valence-corrected chi connectivity index (χ2v) is 3.55. The van der Waals surface area contributed by atoms with Gasteiger partial charge in [0.1, 0.15) is 13.1 Å². The van der Waals surface area contributed by atoms with Gasteiger partial charge in [-0.3, -0.25) is 4.90 Å². The maximum Gasteiger partial charge on any atom is 0.323 e. The number of anilines is 1. The zero-order valence-electron chi connectivity index (χ0n) is 8.85. The molecule has 0 bridgehead atoms. The number of nitriles is 2. The van der Waals surface area contributed by atoms with Crippen molar-refractivity contribution in [2.24, 2.45) is 0 Å². The highest BCUT2D eigenvalue weighted by Gasteiger charge is 2.12. The van der Waals surface area contributed by atoms with E-state index in [0.29, 0.717) is 10.7 Å². The highest BCUT2D eigenvalue weighted by atomic mass is 35.5. The van der Waals surface area contributed by atoms with Crippen LogP contribution in [0.25, 0.3) is 0 Å². The standard InChI is InChI=1S/C11H9ClN4O/c12-9-2-1-3-10(8-9)15-11(17)16(6-4-13)7-5-14/h1-3,8H,6-7H2,(H,15,17). The lowest BCUT2D eigenvalue weighted by atomic mass is 10.3. The van der Waals surface area contributed by atoms with Gasteiger partial charge in [-0.15, -0.1) is 0 Å². The minimum Gasteiger partial charge on any atom is -0.308 e. The Kier molecular flexibility index (Phi) is 4.80. The molecule has 0 aromatic heterocycles. The number of nitrogens with one attached hydrogen (secondary N) is 1. The fourth-order valence-electron chi connectivity index (χ4n) is 1.14. The first-order valence-corrected chi connectivity index (χ1v) is 5.10. The molecule has 86 valence electrons. The van der Waals surface area contributed by atoms with Crippen molar-refractivity contribution >= 4 is 23.3 Å². The summed E-state index contributed by atoms with van der Waals surface area (Å²) in [6.45, 7) is -0.278. The maximum absolute atomic E-state index is 11.7. The van der Waals surface area contributed by atoms with Crippen molar-refractivity contribution in [3.05, 3.63) is 29.3 Å². The van der Waals surface area contributed by atoms with E-state index in [1.165, 1.54) is 0 Å². The molecule has 5 nitrogen and oxygen atoms in total. The smallest absolute Gasteiger partial charge is 0.308 e. The van der Waals surface area contributed by atoms with Crippen LogP contribution in [0, 0.1) is 22.7 Å². The molecule has 1 N–H and O–H groups in total. The summed E-state index contributed by atoms with van der Waals surface area (Å²) in [6.07, 6.45) is 0. The number of nitrogens with zero attached hydrogens (tertiary/aromatic N) is 3. The molecule has 0 fully saturated rings. The zero-order chi connectivity index (χ0) is 12.7. The first-order chi connectivity index (χ1) is 8.17. The van der Waals surface area contributed by atoms with E-state index in [1.807, 2.05) is 12.1 Å². The lowest BCUT2D eigenvalue weighted by molar-refractivity contribution is 0.223. The first-order valence-electron chi connectivity index (χ1n) is 4.72.